The number of anilines is 1. The normalized spacial score (nSPS) is 18.2. The third kappa shape index (κ3) is 2.03. The van der Waals surface area contributed by atoms with Gasteiger partial charge in [0.2, 0.25) is 0 Å². The molecule has 0 aliphatic carbocycles. The summed E-state index contributed by atoms with van der Waals surface area (Å²) in [5.41, 5.74) is 6.62. The van der Waals surface area contributed by atoms with Crippen molar-refractivity contribution in [2.75, 3.05) is 5.32 Å². The molecule has 1 unspecified atom stereocenters. The lowest BCUT2D eigenvalue weighted by atomic mass is 9.94. The Labute approximate surface area is 153 Å². The predicted octanol–water partition coefficient (Wildman–Crippen LogP) is 5.41. The monoisotopic (exact) mass is 339 g/mol. The average Bonchev–Trinajstić information content (AvgIpc) is 3.09. The highest BCUT2D eigenvalue weighted by atomic mass is 15.3. The maximum atomic E-state index is 4.97. The molecule has 0 fully saturated rings. The second-order valence-electron chi connectivity index (χ2n) is 7.05. The molecule has 1 aliphatic heterocycles. The SMILES string of the molecule is CCc1ccc(C2(C)Nc3ccccc3-c3nc4ccccc4n32)cc1. The summed E-state index contributed by atoms with van der Waals surface area (Å²) in [6.07, 6.45) is 1.05. The number of fused-ring (bicyclic) bond motifs is 5. The molecule has 5 rings (SSSR count). The number of rotatable bonds is 2. The van der Waals surface area contributed by atoms with Crippen LogP contribution in [-0.2, 0) is 12.1 Å². The van der Waals surface area contributed by atoms with Gasteiger partial charge in [-0.1, -0.05) is 55.5 Å². The van der Waals surface area contributed by atoms with Gasteiger partial charge in [0.25, 0.3) is 0 Å². The molecule has 128 valence electrons. The standard InChI is InChI=1S/C23H21N3/c1-3-16-12-14-17(15-13-16)23(2)25-19-9-5-4-8-18(19)22-24-20-10-6-7-11-21(20)26(22)23/h4-15,25H,3H2,1-2H3. The number of hydrogen-bond acceptors (Lipinski definition) is 2. The first-order chi connectivity index (χ1) is 12.7. The van der Waals surface area contributed by atoms with E-state index in [1.807, 2.05) is 6.07 Å². The Balaban J connectivity index is 1.83. The van der Waals surface area contributed by atoms with Crippen LogP contribution in [0.15, 0.2) is 72.8 Å². The van der Waals surface area contributed by atoms with Crippen LogP contribution in [-0.4, -0.2) is 9.55 Å². The Hall–Kier alpha value is -3.07. The Kier molecular flexibility index (Phi) is 3.20. The number of aryl methyl sites for hydroxylation is 1. The van der Waals surface area contributed by atoms with E-state index in [4.69, 9.17) is 4.98 Å². The molecule has 1 aromatic heterocycles. The van der Waals surface area contributed by atoms with E-state index in [2.05, 4.69) is 90.5 Å². The number of nitrogens with zero attached hydrogens (tertiary/aromatic N) is 2. The highest BCUT2D eigenvalue weighted by Crippen LogP contribution is 2.43. The third-order valence-electron chi connectivity index (χ3n) is 5.48. The number of imidazole rings is 1. The van der Waals surface area contributed by atoms with Crippen molar-refractivity contribution in [3.05, 3.63) is 83.9 Å². The van der Waals surface area contributed by atoms with E-state index in [0.717, 1.165) is 34.5 Å². The molecule has 1 aliphatic rings. The molecule has 2 heterocycles. The fourth-order valence-corrected chi connectivity index (χ4v) is 4.03. The first kappa shape index (κ1) is 15.2. The maximum absolute atomic E-state index is 4.97. The van der Waals surface area contributed by atoms with Crippen LogP contribution >= 0.6 is 0 Å². The van der Waals surface area contributed by atoms with Crippen molar-refractivity contribution in [2.45, 2.75) is 25.9 Å². The van der Waals surface area contributed by atoms with E-state index in [9.17, 15) is 0 Å². The van der Waals surface area contributed by atoms with Crippen LogP contribution in [0, 0.1) is 0 Å². The van der Waals surface area contributed by atoms with Crippen molar-refractivity contribution in [3.8, 4) is 11.4 Å². The lowest BCUT2D eigenvalue weighted by Gasteiger charge is -2.40. The fourth-order valence-electron chi connectivity index (χ4n) is 4.03. The van der Waals surface area contributed by atoms with Gasteiger partial charge in [-0.15, -0.1) is 0 Å². The van der Waals surface area contributed by atoms with Crippen molar-refractivity contribution in [3.63, 3.8) is 0 Å². The molecule has 1 atom stereocenters. The molecule has 0 amide bonds. The van der Waals surface area contributed by atoms with Gasteiger partial charge in [-0.2, -0.15) is 0 Å². The number of aromatic nitrogens is 2. The average molecular weight is 339 g/mol. The van der Waals surface area contributed by atoms with E-state index in [1.165, 1.54) is 11.1 Å². The summed E-state index contributed by atoms with van der Waals surface area (Å²) < 4.78 is 2.34. The lowest BCUT2D eigenvalue weighted by molar-refractivity contribution is 0.463. The number of hydrogen-bond donors (Lipinski definition) is 1. The van der Waals surface area contributed by atoms with Crippen LogP contribution in [0.4, 0.5) is 5.69 Å². The number of nitrogens with one attached hydrogen (secondary N) is 1. The van der Waals surface area contributed by atoms with Crippen LogP contribution in [0.3, 0.4) is 0 Å². The number of benzene rings is 3. The minimum absolute atomic E-state index is 0.397. The largest absolute Gasteiger partial charge is 0.358 e. The summed E-state index contributed by atoms with van der Waals surface area (Å²) in [5.74, 6) is 1.02. The van der Waals surface area contributed by atoms with Crippen molar-refractivity contribution >= 4 is 16.7 Å². The van der Waals surface area contributed by atoms with Crippen LogP contribution in [0.1, 0.15) is 25.0 Å². The van der Waals surface area contributed by atoms with Gasteiger partial charge < -0.3 is 5.32 Å². The van der Waals surface area contributed by atoms with Crippen LogP contribution in [0.2, 0.25) is 0 Å². The second-order valence-corrected chi connectivity index (χ2v) is 7.05. The number of para-hydroxylation sites is 3. The van der Waals surface area contributed by atoms with Crippen molar-refractivity contribution in [1.29, 1.82) is 0 Å². The van der Waals surface area contributed by atoms with Crippen molar-refractivity contribution in [2.24, 2.45) is 0 Å². The van der Waals surface area contributed by atoms with E-state index >= 15 is 0 Å². The van der Waals surface area contributed by atoms with E-state index in [0.29, 0.717) is 0 Å². The molecular weight excluding hydrogens is 318 g/mol. The van der Waals surface area contributed by atoms with Gasteiger partial charge in [0.15, 0.2) is 0 Å². The van der Waals surface area contributed by atoms with Gasteiger partial charge in [-0.25, -0.2) is 4.98 Å². The molecule has 3 heteroatoms. The zero-order chi connectivity index (χ0) is 17.7. The summed E-state index contributed by atoms with van der Waals surface area (Å²) in [7, 11) is 0. The lowest BCUT2D eigenvalue weighted by Crippen LogP contribution is -2.42. The molecule has 3 aromatic carbocycles. The zero-order valence-electron chi connectivity index (χ0n) is 15.0. The smallest absolute Gasteiger partial charge is 0.145 e. The molecule has 3 nitrogen and oxygen atoms in total. The molecule has 0 saturated carbocycles. The molecule has 26 heavy (non-hydrogen) atoms. The summed E-state index contributed by atoms with van der Waals surface area (Å²) in [5, 5.41) is 3.78. The summed E-state index contributed by atoms with van der Waals surface area (Å²) in [6, 6.07) is 25.7. The zero-order valence-corrected chi connectivity index (χ0v) is 15.0. The summed E-state index contributed by atoms with van der Waals surface area (Å²) in [6.45, 7) is 4.43. The minimum atomic E-state index is -0.397. The fraction of sp³-hybridized carbons (Fsp3) is 0.174. The molecule has 0 saturated heterocycles. The van der Waals surface area contributed by atoms with Gasteiger partial charge in [-0.05, 0) is 48.7 Å². The molecule has 0 bridgehead atoms. The van der Waals surface area contributed by atoms with Gasteiger partial charge in [-0.3, -0.25) is 4.57 Å². The summed E-state index contributed by atoms with van der Waals surface area (Å²) >= 11 is 0. The first-order valence-electron chi connectivity index (χ1n) is 9.15. The molecule has 1 N–H and O–H groups in total. The van der Waals surface area contributed by atoms with Crippen molar-refractivity contribution < 1.29 is 0 Å². The third-order valence-corrected chi connectivity index (χ3v) is 5.48. The Morgan fingerprint density at radius 3 is 2.46 bits per heavy atom. The van der Waals surface area contributed by atoms with Gasteiger partial charge in [0.1, 0.15) is 11.5 Å². The van der Waals surface area contributed by atoms with E-state index in [1.54, 1.807) is 0 Å². The molecular formula is C23H21N3. The van der Waals surface area contributed by atoms with Crippen LogP contribution in [0.5, 0.6) is 0 Å². The van der Waals surface area contributed by atoms with Crippen LogP contribution < -0.4 is 5.32 Å². The van der Waals surface area contributed by atoms with Crippen molar-refractivity contribution in [1.82, 2.24) is 9.55 Å². The highest BCUT2D eigenvalue weighted by Gasteiger charge is 2.37. The van der Waals surface area contributed by atoms with Gasteiger partial charge in [0, 0.05) is 11.3 Å². The van der Waals surface area contributed by atoms with Crippen LogP contribution in [0.25, 0.3) is 22.4 Å². The second kappa shape index (κ2) is 5.46. The Bertz CT molecular complexity index is 1110. The first-order valence-corrected chi connectivity index (χ1v) is 9.15. The quantitative estimate of drug-likeness (QED) is 0.529. The predicted molar refractivity (Wildman–Crippen MR) is 107 cm³/mol. The topological polar surface area (TPSA) is 29.9 Å². The van der Waals surface area contributed by atoms with E-state index < -0.39 is 5.66 Å². The highest BCUT2D eigenvalue weighted by molar-refractivity contribution is 5.87. The minimum Gasteiger partial charge on any atom is -0.358 e. The maximum Gasteiger partial charge on any atom is 0.145 e. The Morgan fingerprint density at radius 2 is 1.65 bits per heavy atom. The van der Waals surface area contributed by atoms with E-state index in [-0.39, 0.29) is 0 Å². The molecule has 0 spiro atoms. The molecule has 0 radical (unpaired) electrons. The summed E-state index contributed by atoms with van der Waals surface area (Å²) in [4.78, 5) is 4.97. The Morgan fingerprint density at radius 1 is 0.923 bits per heavy atom. The molecule has 4 aromatic rings. The van der Waals surface area contributed by atoms with Gasteiger partial charge >= 0.3 is 0 Å². The van der Waals surface area contributed by atoms with Gasteiger partial charge in [0.05, 0.1) is 11.0 Å².